The van der Waals surface area contributed by atoms with E-state index in [1.807, 2.05) is 0 Å². The number of hydrogen-bond acceptors (Lipinski definition) is 7. The second-order valence-electron chi connectivity index (χ2n) is 7.10. The van der Waals surface area contributed by atoms with Gasteiger partial charge in [0, 0.05) is 17.9 Å². The highest BCUT2D eigenvalue weighted by Gasteiger charge is 2.37. The van der Waals surface area contributed by atoms with Crippen LogP contribution in [0.25, 0.3) is 11.3 Å². The predicted molar refractivity (Wildman–Crippen MR) is 132 cm³/mol. The van der Waals surface area contributed by atoms with E-state index in [1.165, 1.54) is 78.9 Å². The third-order valence-corrected chi connectivity index (χ3v) is 9.62. The highest BCUT2D eigenvalue weighted by Crippen LogP contribution is 2.34. The number of aromatic nitrogens is 1. The molecule has 0 aliphatic heterocycles. The quantitative estimate of drug-likeness (QED) is 0.393. The molecular weight excluding hydrogens is 494 g/mol. The fourth-order valence-electron chi connectivity index (χ4n) is 3.18. The van der Waals surface area contributed by atoms with E-state index < -0.39 is 20.0 Å². The van der Waals surface area contributed by atoms with E-state index in [1.54, 1.807) is 29.6 Å². The van der Waals surface area contributed by atoms with E-state index in [4.69, 9.17) is 0 Å². The Labute approximate surface area is 201 Å². The molecule has 0 spiro atoms. The first-order valence-corrected chi connectivity index (χ1v) is 13.7. The molecule has 0 saturated heterocycles. The fourth-order valence-corrected chi connectivity index (χ4v) is 7.66. The minimum atomic E-state index is -4.50. The van der Waals surface area contributed by atoms with E-state index in [2.05, 4.69) is 10.3 Å². The predicted octanol–water partition coefficient (Wildman–Crippen LogP) is 4.35. The van der Waals surface area contributed by atoms with Gasteiger partial charge in [-0.15, -0.1) is 11.3 Å². The Bertz CT molecular complexity index is 1470. The zero-order chi connectivity index (χ0) is 24.3. The SMILES string of the molecule is CC(=O)Nc1nc(-c2cccc(N(S(=O)(=O)c3ccccc3)S(=O)(=O)c3ccccc3)c2)cs1. The zero-order valence-corrected chi connectivity index (χ0v) is 20.3. The van der Waals surface area contributed by atoms with Gasteiger partial charge in [0.05, 0.1) is 21.2 Å². The molecule has 0 radical (unpaired) electrons. The van der Waals surface area contributed by atoms with E-state index >= 15 is 0 Å². The summed E-state index contributed by atoms with van der Waals surface area (Å²) in [5, 5.41) is 4.65. The average molecular weight is 514 g/mol. The molecule has 1 heterocycles. The molecular formula is C23H19N3O5S3. The number of nitrogens with one attached hydrogen (secondary N) is 1. The van der Waals surface area contributed by atoms with E-state index in [9.17, 15) is 21.6 Å². The summed E-state index contributed by atoms with van der Waals surface area (Å²) >= 11 is 1.20. The molecule has 0 aliphatic carbocycles. The van der Waals surface area contributed by atoms with Gasteiger partial charge in [0.15, 0.2) is 5.13 Å². The van der Waals surface area contributed by atoms with Crippen molar-refractivity contribution in [3.63, 3.8) is 0 Å². The number of carbonyl (C=O) groups is 1. The highest BCUT2D eigenvalue weighted by molar-refractivity contribution is 8.10. The van der Waals surface area contributed by atoms with Gasteiger partial charge in [0.1, 0.15) is 0 Å². The van der Waals surface area contributed by atoms with Gasteiger partial charge in [-0.2, -0.15) is 3.71 Å². The van der Waals surface area contributed by atoms with Crippen molar-refractivity contribution in [2.75, 3.05) is 9.03 Å². The van der Waals surface area contributed by atoms with Crippen LogP contribution in [0, 0.1) is 0 Å². The number of hydrogen-bond donors (Lipinski definition) is 1. The van der Waals surface area contributed by atoms with Gasteiger partial charge in [0.2, 0.25) is 5.91 Å². The lowest BCUT2D eigenvalue weighted by Gasteiger charge is -2.24. The van der Waals surface area contributed by atoms with Crippen LogP contribution in [0.4, 0.5) is 10.8 Å². The van der Waals surface area contributed by atoms with Crippen molar-refractivity contribution in [2.45, 2.75) is 16.7 Å². The fraction of sp³-hybridized carbons (Fsp3) is 0.0435. The zero-order valence-electron chi connectivity index (χ0n) is 17.8. The first-order valence-electron chi connectivity index (χ1n) is 9.94. The van der Waals surface area contributed by atoms with Gasteiger partial charge in [-0.1, -0.05) is 48.5 Å². The smallest absolute Gasteiger partial charge is 0.277 e. The van der Waals surface area contributed by atoms with E-state index in [-0.39, 0.29) is 21.4 Å². The minimum absolute atomic E-state index is 0.0701. The van der Waals surface area contributed by atoms with Crippen LogP contribution in [0.15, 0.2) is 100 Å². The van der Waals surface area contributed by atoms with Crippen LogP contribution in [0.3, 0.4) is 0 Å². The average Bonchev–Trinajstić information content (AvgIpc) is 3.28. The van der Waals surface area contributed by atoms with Gasteiger partial charge >= 0.3 is 0 Å². The lowest BCUT2D eigenvalue weighted by atomic mass is 10.1. The Morgan fingerprint density at radius 1 is 0.824 bits per heavy atom. The summed E-state index contributed by atoms with van der Waals surface area (Å²) in [4.78, 5) is 15.3. The molecule has 174 valence electrons. The molecule has 0 aliphatic rings. The van der Waals surface area contributed by atoms with Gasteiger partial charge in [-0.25, -0.2) is 21.8 Å². The topological polar surface area (TPSA) is 114 Å². The first-order chi connectivity index (χ1) is 16.2. The summed E-state index contributed by atoms with van der Waals surface area (Å²) in [6.45, 7) is 1.36. The Morgan fingerprint density at radius 3 is 1.91 bits per heavy atom. The Hall–Kier alpha value is -3.54. The van der Waals surface area contributed by atoms with Crippen LogP contribution in [0.5, 0.6) is 0 Å². The number of thiazole rings is 1. The number of sulfonamides is 2. The number of nitrogens with zero attached hydrogens (tertiary/aromatic N) is 2. The number of rotatable bonds is 7. The molecule has 1 amide bonds. The van der Waals surface area contributed by atoms with Crippen LogP contribution >= 0.6 is 11.3 Å². The molecule has 4 rings (SSSR count). The third kappa shape index (κ3) is 4.72. The molecule has 0 atom stereocenters. The van der Waals surface area contributed by atoms with Crippen molar-refractivity contribution < 1.29 is 21.6 Å². The molecule has 0 saturated carbocycles. The minimum Gasteiger partial charge on any atom is -0.302 e. The third-order valence-electron chi connectivity index (χ3n) is 4.66. The molecule has 0 bridgehead atoms. The van der Waals surface area contributed by atoms with Crippen LogP contribution in [0.1, 0.15) is 6.92 Å². The summed E-state index contributed by atoms with van der Waals surface area (Å²) in [5.41, 5.74) is 0.880. The summed E-state index contributed by atoms with van der Waals surface area (Å²) in [6.07, 6.45) is 0. The van der Waals surface area contributed by atoms with Crippen molar-refractivity contribution in [3.05, 3.63) is 90.3 Å². The largest absolute Gasteiger partial charge is 0.302 e. The van der Waals surface area contributed by atoms with Gasteiger partial charge in [-0.05, 0) is 36.4 Å². The van der Waals surface area contributed by atoms with E-state index in [0.29, 0.717) is 20.1 Å². The molecule has 0 unspecified atom stereocenters. The first kappa shape index (κ1) is 23.6. The maximum absolute atomic E-state index is 13.6. The van der Waals surface area contributed by atoms with Crippen molar-refractivity contribution in [1.82, 2.24) is 4.98 Å². The van der Waals surface area contributed by atoms with Crippen molar-refractivity contribution >= 4 is 48.1 Å². The Kier molecular flexibility index (Phi) is 6.51. The standard InChI is InChI=1S/C23H19N3O5S3/c1-17(27)24-23-25-22(16-32-23)18-9-8-10-19(15-18)26(33(28,29)20-11-4-2-5-12-20)34(30,31)21-13-6-3-7-14-21/h2-16H,1H3,(H,24,25,27). The second kappa shape index (κ2) is 9.37. The molecule has 1 N–H and O–H groups in total. The lowest BCUT2D eigenvalue weighted by Crippen LogP contribution is -2.37. The van der Waals surface area contributed by atoms with Crippen molar-refractivity contribution in [2.24, 2.45) is 0 Å². The molecule has 11 heteroatoms. The number of amides is 1. The number of anilines is 2. The second-order valence-corrected chi connectivity index (χ2v) is 11.8. The molecule has 34 heavy (non-hydrogen) atoms. The maximum atomic E-state index is 13.6. The number of benzene rings is 3. The van der Waals surface area contributed by atoms with Crippen molar-refractivity contribution in [1.29, 1.82) is 0 Å². The molecule has 0 fully saturated rings. The Morgan fingerprint density at radius 2 is 1.38 bits per heavy atom. The maximum Gasteiger partial charge on any atom is 0.277 e. The number of carbonyl (C=O) groups excluding carboxylic acids is 1. The molecule has 8 nitrogen and oxygen atoms in total. The summed E-state index contributed by atoms with van der Waals surface area (Å²) in [5.74, 6) is -0.274. The molecule has 3 aromatic carbocycles. The van der Waals surface area contributed by atoms with Crippen LogP contribution in [-0.2, 0) is 24.8 Å². The van der Waals surface area contributed by atoms with E-state index in [0.717, 1.165) is 0 Å². The monoisotopic (exact) mass is 513 g/mol. The summed E-state index contributed by atoms with van der Waals surface area (Å²) in [7, 11) is -9.00. The highest BCUT2D eigenvalue weighted by atomic mass is 32.3. The van der Waals surface area contributed by atoms with Gasteiger partial charge < -0.3 is 5.32 Å². The van der Waals surface area contributed by atoms with Crippen LogP contribution in [0.2, 0.25) is 0 Å². The summed E-state index contributed by atoms with van der Waals surface area (Å²) in [6, 6.07) is 20.8. The van der Waals surface area contributed by atoms with Crippen LogP contribution in [-0.4, -0.2) is 27.7 Å². The molecule has 4 aromatic rings. The van der Waals surface area contributed by atoms with Crippen molar-refractivity contribution in [3.8, 4) is 11.3 Å². The summed E-state index contributed by atoms with van der Waals surface area (Å²) < 4.78 is 54.9. The normalized spacial score (nSPS) is 11.7. The van der Waals surface area contributed by atoms with Crippen LogP contribution < -0.4 is 9.03 Å². The van der Waals surface area contributed by atoms with Gasteiger partial charge in [-0.3, -0.25) is 4.79 Å². The lowest BCUT2D eigenvalue weighted by molar-refractivity contribution is -0.114. The Balaban J connectivity index is 1.88. The molecule has 1 aromatic heterocycles. The van der Waals surface area contributed by atoms with Gasteiger partial charge in [0.25, 0.3) is 20.0 Å².